The van der Waals surface area contributed by atoms with Crippen LogP contribution in [0.1, 0.15) is 40.5 Å². The molecule has 0 bridgehead atoms. The molecular weight excluding hydrogens is 262 g/mol. The van der Waals surface area contributed by atoms with Gasteiger partial charge in [-0.2, -0.15) is 0 Å². The van der Waals surface area contributed by atoms with Crippen molar-refractivity contribution in [1.29, 1.82) is 0 Å². The minimum Gasteiger partial charge on any atom is -0.379 e. The summed E-state index contributed by atoms with van der Waals surface area (Å²) in [6, 6.07) is 1.38. The summed E-state index contributed by atoms with van der Waals surface area (Å²) in [6.07, 6.45) is 2.59. The monoisotopic (exact) mass is 297 g/mol. The van der Waals surface area contributed by atoms with Crippen molar-refractivity contribution in [2.45, 2.75) is 52.6 Å². The minimum absolute atomic E-state index is 0.347. The second kappa shape index (κ2) is 7.91. The average Bonchev–Trinajstić information content (AvgIpc) is 2.92. The molecule has 21 heavy (non-hydrogen) atoms. The van der Waals surface area contributed by atoms with Gasteiger partial charge in [0.05, 0.1) is 13.2 Å². The Bertz CT molecular complexity index is 297. The topological polar surface area (TPSA) is 27.7 Å². The Morgan fingerprint density at radius 2 is 1.90 bits per heavy atom. The summed E-state index contributed by atoms with van der Waals surface area (Å²) >= 11 is 0. The van der Waals surface area contributed by atoms with Crippen LogP contribution in [0.15, 0.2) is 0 Å². The number of ether oxygens (including phenoxy) is 1. The summed E-state index contributed by atoms with van der Waals surface area (Å²) in [5, 5.41) is 3.67. The second-order valence-corrected chi connectivity index (χ2v) is 7.66. The van der Waals surface area contributed by atoms with Crippen molar-refractivity contribution < 1.29 is 4.74 Å². The van der Waals surface area contributed by atoms with Gasteiger partial charge in [0, 0.05) is 31.7 Å². The van der Waals surface area contributed by atoms with E-state index in [1.165, 1.54) is 32.5 Å². The maximum absolute atomic E-state index is 5.47. The van der Waals surface area contributed by atoms with E-state index in [4.69, 9.17) is 4.74 Å². The number of nitrogens with one attached hydrogen (secondary N) is 1. The first-order valence-corrected chi connectivity index (χ1v) is 8.78. The molecule has 2 fully saturated rings. The number of nitrogens with zero attached hydrogens (tertiary/aromatic N) is 2. The van der Waals surface area contributed by atoms with Gasteiger partial charge in [-0.15, -0.1) is 0 Å². The molecule has 2 rings (SSSR count). The van der Waals surface area contributed by atoms with E-state index in [0.29, 0.717) is 11.5 Å². The Morgan fingerprint density at radius 1 is 1.19 bits per heavy atom. The summed E-state index contributed by atoms with van der Waals surface area (Å²) in [5.41, 5.74) is 0.347. The van der Waals surface area contributed by atoms with Gasteiger partial charge in [-0.25, -0.2) is 0 Å². The fraction of sp³-hybridized carbons (Fsp3) is 1.00. The van der Waals surface area contributed by atoms with E-state index in [0.717, 1.165) is 38.9 Å². The summed E-state index contributed by atoms with van der Waals surface area (Å²) in [6.45, 7) is 18.2. The molecule has 2 aliphatic rings. The lowest BCUT2D eigenvalue weighted by Crippen LogP contribution is -2.45. The minimum atomic E-state index is 0.347. The maximum Gasteiger partial charge on any atom is 0.0594 e. The highest BCUT2D eigenvalue weighted by atomic mass is 16.5. The van der Waals surface area contributed by atoms with Crippen LogP contribution in [0.5, 0.6) is 0 Å². The predicted octanol–water partition coefficient (Wildman–Crippen LogP) is 1.81. The maximum atomic E-state index is 5.47. The van der Waals surface area contributed by atoms with Crippen LogP contribution in [0.2, 0.25) is 0 Å². The molecule has 4 heteroatoms. The lowest BCUT2D eigenvalue weighted by Gasteiger charge is -2.34. The van der Waals surface area contributed by atoms with Crippen molar-refractivity contribution in [3.8, 4) is 0 Å². The zero-order valence-corrected chi connectivity index (χ0v) is 14.5. The lowest BCUT2D eigenvalue weighted by atomic mass is 9.84. The Labute approximate surface area is 131 Å². The Balaban J connectivity index is 1.74. The van der Waals surface area contributed by atoms with E-state index >= 15 is 0 Å². The third-order valence-corrected chi connectivity index (χ3v) is 5.04. The fourth-order valence-corrected chi connectivity index (χ4v) is 3.66. The molecule has 2 unspecified atom stereocenters. The molecule has 2 atom stereocenters. The highest BCUT2D eigenvalue weighted by molar-refractivity contribution is 4.87. The fourth-order valence-electron chi connectivity index (χ4n) is 3.66. The molecule has 2 saturated heterocycles. The van der Waals surface area contributed by atoms with Crippen molar-refractivity contribution >= 4 is 0 Å². The molecule has 0 saturated carbocycles. The van der Waals surface area contributed by atoms with Crippen LogP contribution < -0.4 is 5.32 Å². The van der Waals surface area contributed by atoms with Crippen LogP contribution in [-0.4, -0.2) is 74.4 Å². The molecule has 2 aliphatic heterocycles. The summed E-state index contributed by atoms with van der Waals surface area (Å²) < 4.78 is 5.47. The molecule has 1 N–H and O–H groups in total. The van der Waals surface area contributed by atoms with Gasteiger partial charge >= 0.3 is 0 Å². The van der Waals surface area contributed by atoms with Crippen molar-refractivity contribution in [3.05, 3.63) is 0 Å². The van der Waals surface area contributed by atoms with E-state index < -0.39 is 0 Å². The van der Waals surface area contributed by atoms with Crippen molar-refractivity contribution in [1.82, 2.24) is 15.1 Å². The van der Waals surface area contributed by atoms with Crippen LogP contribution in [0.25, 0.3) is 0 Å². The number of rotatable bonds is 6. The number of hydrogen-bond donors (Lipinski definition) is 1. The van der Waals surface area contributed by atoms with Gasteiger partial charge in [-0.3, -0.25) is 4.90 Å². The largest absolute Gasteiger partial charge is 0.379 e. The molecule has 0 radical (unpaired) electrons. The third kappa shape index (κ3) is 5.20. The number of hydrogen-bond acceptors (Lipinski definition) is 4. The summed E-state index contributed by atoms with van der Waals surface area (Å²) in [4.78, 5) is 5.30. The van der Waals surface area contributed by atoms with Gasteiger partial charge < -0.3 is 15.0 Å². The Morgan fingerprint density at radius 3 is 2.52 bits per heavy atom. The first kappa shape index (κ1) is 17.2. The van der Waals surface area contributed by atoms with Gasteiger partial charge in [0.25, 0.3) is 0 Å². The summed E-state index contributed by atoms with van der Waals surface area (Å²) in [7, 11) is 0. The number of morpholine rings is 1. The lowest BCUT2D eigenvalue weighted by molar-refractivity contribution is 0.0184. The van der Waals surface area contributed by atoms with E-state index in [1.807, 2.05) is 0 Å². The van der Waals surface area contributed by atoms with Crippen LogP contribution in [-0.2, 0) is 4.74 Å². The summed E-state index contributed by atoms with van der Waals surface area (Å²) in [5.74, 6) is 0. The van der Waals surface area contributed by atoms with Crippen LogP contribution in [0.4, 0.5) is 0 Å². The average molecular weight is 297 g/mol. The molecule has 4 nitrogen and oxygen atoms in total. The molecular formula is C17H35N3O. The molecule has 2 heterocycles. The van der Waals surface area contributed by atoms with Gasteiger partial charge in [0.1, 0.15) is 0 Å². The predicted molar refractivity (Wildman–Crippen MR) is 88.8 cm³/mol. The van der Waals surface area contributed by atoms with Crippen molar-refractivity contribution in [2.24, 2.45) is 5.41 Å². The first-order chi connectivity index (χ1) is 10.0. The van der Waals surface area contributed by atoms with Crippen LogP contribution in [0, 0.1) is 5.41 Å². The van der Waals surface area contributed by atoms with E-state index in [1.54, 1.807) is 0 Å². The molecule has 0 spiro atoms. The molecule has 0 aromatic rings. The molecule has 0 amide bonds. The van der Waals surface area contributed by atoms with E-state index in [2.05, 4.69) is 42.8 Å². The first-order valence-electron chi connectivity index (χ1n) is 8.78. The highest BCUT2D eigenvalue weighted by Crippen LogP contribution is 2.23. The van der Waals surface area contributed by atoms with Crippen LogP contribution in [0.3, 0.4) is 0 Å². The number of likely N-dealkylation sites (tertiary alicyclic amines) is 1. The zero-order valence-electron chi connectivity index (χ0n) is 14.5. The van der Waals surface area contributed by atoms with Gasteiger partial charge in [0.2, 0.25) is 0 Å². The van der Waals surface area contributed by atoms with Gasteiger partial charge in [-0.05, 0) is 37.9 Å². The third-order valence-electron chi connectivity index (χ3n) is 5.04. The second-order valence-electron chi connectivity index (χ2n) is 7.66. The molecule has 124 valence electrons. The van der Waals surface area contributed by atoms with Crippen molar-refractivity contribution in [2.75, 3.05) is 52.5 Å². The molecule has 0 aromatic heterocycles. The highest BCUT2D eigenvalue weighted by Gasteiger charge is 2.30. The van der Waals surface area contributed by atoms with E-state index in [9.17, 15) is 0 Å². The van der Waals surface area contributed by atoms with Crippen LogP contribution >= 0.6 is 0 Å². The smallest absolute Gasteiger partial charge is 0.0594 e. The van der Waals surface area contributed by atoms with Crippen molar-refractivity contribution in [3.63, 3.8) is 0 Å². The molecule has 0 aliphatic carbocycles. The zero-order chi connectivity index (χ0) is 15.3. The van der Waals surface area contributed by atoms with Gasteiger partial charge in [-0.1, -0.05) is 27.7 Å². The normalized spacial score (nSPS) is 27.1. The standard InChI is InChI=1S/C17H35N3O/c1-5-18-16(17(2,3)4)7-9-19-8-6-15(14-19)20-10-12-21-13-11-20/h15-16,18H,5-14H2,1-4H3. The Hall–Kier alpha value is -0.160. The quantitative estimate of drug-likeness (QED) is 0.809. The Kier molecular flexibility index (Phi) is 6.48. The van der Waals surface area contributed by atoms with Gasteiger partial charge in [0.15, 0.2) is 0 Å². The SMILES string of the molecule is CCNC(CCN1CCC(N2CCOCC2)C1)C(C)(C)C. The molecule has 0 aromatic carbocycles. The van der Waals surface area contributed by atoms with E-state index in [-0.39, 0.29) is 0 Å².